The Bertz CT molecular complexity index is 833. The number of nitro benzene ring substituents is 1. The molecule has 23 heavy (non-hydrogen) atoms. The van der Waals surface area contributed by atoms with Crippen LogP contribution in [0.5, 0.6) is 0 Å². The van der Waals surface area contributed by atoms with Crippen molar-refractivity contribution >= 4 is 11.4 Å². The van der Waals surface area contributed by atoms with Crippen LogP contribution < -0.4 is 5.32 Å². The summed E-state index contributed by atoms with van der Waals surface area (Å²) in [7, 11) is 0. The summed E-state index contributed by atoms with van der Waals surface area (Å²) in [5.41, 5.74) is 1.75. The zero-order chi connectivity index (χ0) is 16.2. The second-order valence-corrected chi connectivity index (χ2v) is 4.90. The molecule has 3 rings (SSSR count). The largest absolute Gasteiger partial charge is 0.375 e. The van der Waals surface area contributed by atoms with Crippen LogP contribution in [0.2, 0.25) is 0 Å². The summed E-state index contributed by atoms with van der Waals surface area (Å²) in [5.74, 6) is -0.640. The van der Waals surface area contributed by atoms with Gasteiger partial charge < -0.3 is 5.32 Å². The van der Waals surface area contributed by atoms with Gasteiger partial charge in [-0.15, -0.1) is 0 Å². The van der Waals surface area contributed by atoms with Crippen LogP contribution in [0.3, 0.4) is 0 Å². The number of nitrogens with one attached hydrogen (secondary N) is 1. The van der Waals surface area contributed by atoms with Crippen molar-refractivity contribution in [2.24, 2.45) is 0 Å². The van der Waals surface area contributed by atoms with Gasteiger partial charge >= 0.3 is 0 Å². The molecule has 0 fully saturated rings. The molecule has 1 N–H and O–H groups in total. The van der Waals surface area contributed by atoms with Gasteiger partial charge in [-0.3, -0.25) is 10.1 Å². The summed E-state index contributed by atoms with van der Waals surface area (Å²) in [5, 5.41) is 18.2. The van der Waals surface area contributed by atoms with Crippen LogP contribution in [0.25, 0.3) is 5.69 Å². The maximum Gasteiger partial charge on any atom is 0.295 e. The topological polar surface area (TPSA) is 73.0 Å². The smallest absolute Gasteiger partial charge is 0.295 e. The van der Waals surface area contributed by atoms with Crippen LogP contribution in [0.4, 0.5) is 15.8 Å². The molecule has 0 bridgehead atoms. The van der Waals surface area contributed by atoms with Crippen molar-refractivity contribution in [2.45, 2.75) is 6.54 Å². The molecule has 0 saturated heterocycles. The molecule has 0 saturated carbocycles. The predicted octanol–water partition coefficient (Wildman–Crippen LogP) is 3.53. The van der Waals surface area contributed by atoms with Gasteiger partial charge in [0.2, 0.25) is 0 Å². The van der Waals surface area contributed by atoms with E-state index in [4.69, 9.17) is 0 Å². The van der Waals surface area contributed by atoms with Gasteiger partial charge in [-0.2, -0.15) is 5.10 Å². The molecule has 0 amide bonds. The fraction of sp³-hybridized carbons (Fsp3) is 0.0625. The fourth-order valence-electron chi connectivity index (χ4n) is 2.18. The second kappa shape index (κ2) is 6.27. The molecule has 3 aromatic rings. The molecule has 6 nitrogen and oxygen atoms in total. The summed E-state index contributed by atoms with van der Waals surface area (Å²) in [6, 6.07) is 13.0. The summed E-state index contributed by atoms with van der Waals surface area (Å²) in [4.78, 5) is 10.3. The van der Waals surface area contributed by atoms with Gasteiger partial charge in [0.1, 0.15) is 11.5 Å². The van der Waals surface area contributed by atoms with E-state index < -0.39 is 10.7 Å². The molecule has 116 valence electrons. The van der Waals surface area contributed by atoms with E-state index in [1.807, 2.05) is 36.5 Å². The van der Waals surface area contributed by atoms with Crippen LogP contribution in [0, 0.1) is 15.9 Å². The number of halogens is 1. The van der Waals surface area contributed by atoms with Crippen molar-refractivity contribution in [3.8, 4) is 5.69 Å². The third-order valence-electron chi connectivity index (χ3n) is 3.30. The van der Waals surface area contributed by atoms with E-state index in [1.165, 1.54) is 12.1 Å². The van der Waals surface area contributed by atoms with Gasteiger partial charge in [0.15, 0.2) is 0 Å². The highest BCUT2D eigenvalue weighted by Crippen LogP contribution is 2.25. The molecule has 0 radical (unpaired) electrons. The van der Waals surface area contributed by atoms with Gasteiger partial charge in [0.25, 0.3) is 5.69 Å². The second-order valence-electron chi connectivity index (χ2n) is 4.90. The number of aromatic nitrogens is 2. The lowest BCUT2D eigenvalue weighted by atomic mass is 10.2. The molecule has 0 aliphatic carbocycles. The maximum atomic E-state index is 13.1. The Balaban J connectivity index is 1.75. The third kappa shape index (κ3) is 3.34. The fourth-order valence-corrected chi connectivity index (χ4v) is 2.18. The summed E-state index contributed by atoms with van der Waals surface area (Å²) < 4.78 is 14.8. The number of para-hydroxylation sites is 1. The van der Waals surface area contributed by atoms with Crippen LogP contribution in [-0.2, 0) is 6.54 Å². The van der Waals surface area contributed by atoms with E-state index in [-0.39, 0.29) is 11.4 Å². The van der Waals surface area contributed by atoms with Crippen LogP contribution >= 0.6 is 0 Å². The van der Waals surface area contributed by atoms with E-state index in [1.54, 1.807) is 10.9 Å². The Hall–Kier alpha value is -3.22. The number of anilines is 1. The predicted molar refractivity (Wildman–Crippen MR) is 83.9 cm³/mol. The summed E-state index contributed by atoms with van der Waals surface area (Å²) in [6.07, 6.45) is 3.51. The zero-order valence-electron chi connectivity index (χ0n) is 12.0. The third-order valence-corrected chi connectivity index (χ3v) is 3.30. The molecule has 2 aromatic carbocycles. The first-order chi connectivity index (χ1) is 11.1. The molecule has 0 atom stereocenters. The van der Waals surface area contributed by atoms with Gasteiger partial charge in [0, 0.05) is 18.3 Å². The average Bonchev–Trinajstić information content (AvgIpc) is 3.03. The number of benzene rings is 2. The Kier molecular flexibility index (Phi) is 4.01. The molecule has 1 aromatic heterocycles. The molecule has 0 aliphatic heterocycles. The molecular formula is C16H13FN4O2. The molecule has 0 aliphatic rings. The quantitative estimate of drug-likeness (QED) is 0.578. The van der Waals surface area contributed by atoms with Crippen molar-refractivity contribution in [1.82, 2.24) is 9.78 Å². The van der Waals surface area contributed by atoms with Crippen LogP contribution in [0.1, 0.15) is 5.56 Å². The van der Waals surface area contributed by atoms with Gasteiger partial charge in [-0.05, 0) is 24.3 Å². The lowest BCUT2D eigenvalue weighted by molar-refractivity contribution is -0.384. The SMILES string of the molecule is O=[N+]([O-])c1cc(F)ccc1NCc1cnn(-c2ccccc2)c1. The van der Waals surface area contributed by atoms with E-state index in [0.29, 0.717) is 6.54 Å². The highest BCUT2D eigenvalue weighted by Gasteiger charge is 2.14. The molecule has 0 spiro atoms. The Labute approximate surface area is 131 Å². The number of nitro groups is 1. The lowest BCUT2D eigenvalue weighted by Gasteiger charge is -2.05. The Morgan fingerprint density at radius 1 is 1.22 bits per heavy atom. The van der Waals surface area contributed by atoms with Crippen LogP contribution in [0.15, 0.2) is 60.9 Å². The summed E-state index contributed by atoms with van der Waals surface area (Å²) in [6.45, 7) is 0.347. The highest BCUT2D eigenvalue weighted by molar-refractivity contribution is 5.61. The molecule has 1 heterocycles. The Morgan fingerprint density at radius 2 is 2.00 bits per heavy atom. The number of rotatable bonds is 5. The minimum absolute atomic E-state index is 0.267. The normalized spacial score (nSPS) is 10.5. The average molecular weight is 312 g/mol. The van der Waals surface area contributed by atoms with Crippen molar-refractivity contribution in [3.05, 3.63) is 82.4 Å². The minimum Gasteiger partial charge on any atom is -0.375 e. The van der Waals surface area contributed by atoms with Crippen molar-refractivity contribution in [2.75, 3.05) is 5.32 Å². The van der Waals surface area contributed by atoms with E-state index >= 15 is 0 Å². The Morgan fingerprint density at radius 3 is 2.74 bits per heavy atom. The van der Waals surface area contributed by atoms with E-state index in [2.05, 4.69) is 10.4 Å². The monoisotopic (exact) mass is 312 g/mol. The molecule has 0 unspecified atom stereocenters. The van der Waals surface area contributed by atoms with Crippen LogP contribution in [-0.4, -0.2) is 14.7 Å². The van der Waals surface area contributed by atoms with Gasteiger partial charge in [0.05, 0.1) is 22.9 Å². The minimum atomic E-state index is -0.640. The molecular weight excluding hydrogens is 299 g/mol. The van der Waals surface area contributed by atoms with Gasteiger partial charge in [-0.25, -0.2) is 9.07 Å². The molecule has 7 heteroatoms. The number of nitrogens with zero attached hydrogens (tertiary/aromatic N) is 3. The first-order valence-corrected chi connectivity index (χ1v) is 6.90. The lowest BCUT2D eigenvalue weighted by Crippen LogP contribution is -2.02. The van der Waals surface area contributed by atoms with E-state index in [9.17, 15) is 14.5 Å². The number of hydrogen-bond donors (Lipinski definition) is 1. The summed E-state index contributed by atoms with van der Waals surface area (Å²) >= 11 is 0. The first-order valence-electron chi connectivity index (χ1n) is 6.90. The van der Waals surface area contributed by atoms with Crippen molar-refractivity contribution in [1.29, 1.82) is 0 Å². The number of hydrogen-bond acceptors (Lipinski definition) is 4. The van der Waals surface area contributed by atoms with E-state index in [0.717, 1.165) is 17.3 Å². The van der Waals surface area contributed by atoms with Crippen molar-refractivity contribution < 1.29 is 9.31 Å². The highest BCUT2D eigenvalue weighted by atomic mass is 19.1. The standard InChI is InChI=1S/C16H13FN4O2/c17-13-6-7-15(16(8-13)21(22)23)18-9-12-10-19-20(11-12)14-4-2-1-3-5-14/h1-8,10-11,18H,9H2. The van der Waals surface area contributed by atoms with Gasteiger partial charge in [-0.1, -0.05) is 18.2 Å². The zero-order valence-corrected chi connectivity index (χ0v) is 12.0. The maximum absolute atomic E-state index is 13.1. The van der Waals surface area contributed by atoms with Crippen molar-refractivity contribution in [3.63, 3.8) is 0 Å². The first kappa shape index (κ1) is 14.7.